The highest BCUT2D eigenvalue weighted by atomic mass is 16.4. The molecule has 0 aliphatic rings. The molecule has 6 rings (SSSR count). The van der Waals surface area contributed by atoms with E-state index in [9.17, 15) is 4.79 Å². The van der Waals surface area contributed by atoms with Gasteiger partial charge in [-0.1, -0.05) is 60.7 Å². The Kier molecular flexibility index (Phi) is 10.8. The lowest BCUT2D eigenvalue weighted by Gasteiger charge is -2.03. The van der Waals surface area contributed by atoms with Crippen LogP contribution < -0.4 is 0 Å². The first-order valence-corrected chi connectivity index (χ1v) is 16.1. The third-order valence-corrected chi connectivity index (χ3v) is 9.75. The number of nitrogens with zero attached hydrogens (tertiary/aromatic N) is 3. The molecule has 47 heavy (non-hydrogen) atoms. The quantitative estimate of drug-likeness (QED) is 0.156. The number of rotatable bonds is 4. The monoisotopic (exact) mass is 627 g/mol. The number of hydrogen-bond acceptors (Lipinski definition) is 1. The lowest BCUT2D eigenvalue weighted by molar-refractivity contribution is -0.131. The molecule has 0 spiro atoms. The Labute approximate surface area is 279 Å². The minimum absolute atomic E-state index is 0.714. The molecule has 0 saturated heterocycles. The first kappa shape index (κ1) is 34.8. The Morgan fingerprint density at radius 3 is 1.49 bits per heavy atom. The van der Waals surface area contributed by atoms with Gasteiger partial charge in [-0.2, -0.15) is 0 Å². The number of aryl methyl sites for hydroxylation is 6. The van der Waals surface area contributed by atoms with Crippen LogP contribution in [0.5, 0.6) is 0 Å². The van der Waals surface area contributed by atoms with E-state index in [1.165, 1.54) is 78.1 Å². The van der Waals surface area contributed by atoms with Crippen molar-refractivity contribution in [2.24, 2.45) is 21.1 Å². The lowest BCUT2D eigenvalue weighted by atomic mass is 10.0. The zero-order valence-corrected chi connectivity index (χ0v) is 29.9. The zero-order valence-electron chi connectivity index (χ0n) is 29.9. The fourth-order valence-corrected chi connectivity index (χ4v) is 6.11. The number of fused-ring (bicyclic) bond motifs is 3. The van der Waals surface area contributed by atoms with E-state index >= 15 is 0 Å². The van der Waals surface area contributed by atoms with Crippen molar-refractivity contribution >= 4 is 44.3 Å². The smallest absolute Gasteiger partial charge is 0.328 e. The van der Waals surface area contributed by atoms with Gasteiger partial charge in [-0.05, 0) is 113 Å². The Hall–Kier alpha value is -5.03. The highest BCUT2D eigenvalue weighted by Crippen LogP contribution is 2.28. The molecule has 0 amide bonds. The van der Waals surface area contributed by atoms with Crippen LogP contribution in [0.1, 0.15) is 53.2 Å². The van der Waals surface area contributed by atoms with Crippen molar-refractivity contribution in [2.45, 2.75) is 55.4 Å². The average molecular weight is 628 g/mol. The van der Waals surface area contributed by atoms with Crippen LogP contribution in [0.3, 0.4) is 0 Å². The molecule has 0 radical (unpaired) electrons. The van der Waals surface area contributed by atoms with Crippen molar-refractivity contribution in [2.75, 3.05) is 0 Å². The Balaban J connectivity index is 0.000000174. The number of para-hydroxylation sites is 2. The van der Waals surface area contributed by atoms with Gasteiger partial charge < -0.3 is 18.8 Å². The van der Waals surface area contributed by atoms with Gasteiger partial charge in [0.05, 0.1) is 0 Å². The molecular weight excluding hydrogens is 578 g/mol. The molecule has 0 bridgehead atoms. The predicted molar refractivity (Wildman–Crippen MR) is 201 cm³/mol. The summed E-state index contributed by atoms with van der Waals surface area (Å²) in [6, 6.07) is 23.5. The van der Waals surface area contributed by atoms with Crippen molar-refractivity contribution in [3.05, 3.63) is 136 Å². The van der Waals surface area contributed by atoms with Gasteiger partial charge in [0.25, 0.3) is 0 Å². The number of benzene rings is 3. The lowest BCUT2D eigenvalue weighted by Crippen LogP contribution is -1.90. The number of carboxylic acids is 1. The summed E-state index contributed by atoms with van der Waals surface area (Å²) in [6.07, 6.45) is 6.89. The topological polar surface area (TPSA) is 52.1 Å². The number of carbonyl (C=O) groups is 1. The van der Waals surface area contributed by atoms with E-state index in [1.807, 2.05) is 12.2 Å². The number of hydrogen-bond donors (Lipinski definition) is 1. The Morgan fingerprint density at radius 1 is 0.617 bits per heavy atom. The molecule has 0 unspecified atom stereocenters. The van der Waals surface area contributed by atoms with Gasteiger partial charge in [-0.25, -0.2) is 4.79 Å². The van der Waals surface area contributed by atoms with Crippen LogP contribution in [0.2, 0.25) is 0 Å². The van der Waals surface area contributed by atoms with Crippen LogP contribution in [0, 0.1) is 41.5 Å². The van der Waals surface area contributed by atoms with E-state index in [2.05, 4.69) is 150 Å². The maximum atomic E-state index is 10.6. The summed E-state index contributed by atoms with van der Waals surface area (Å²) in [7, 11) is 6.32. The molecule has 5 nitrogen and oxygen atoms in total. The fourth-order valence-electron chi connectivity index (χ4n) is 6.11. The molecular formula is C42H49N3O2. The molecule has 0 fully saturated rings. The number of allylic oxidation sites excluding steroid dienone is 5. The van der Waals surface area contributed by atoms with E-state index in [4.69, 9.17) is 5.11 Å². The van der Waals surface area contributed by atoms with Gasteiger partial charge in [0.15, 0.2) is 0 Å². The summed E-state index contributed by atoms with van der Waals surface area (Å²) < 4.78 is 6.70. The van der Waals surface area contributed by atoms with E-state index < -0.39 is 5.97 Å². The van der Waals surface area contributed by atoms with Gasteiger partial charge in [0.2, 0.25) is 0 Å². The van der Waals surface area contributed by atoms with Gasteiger partial charge in [0, 0.05) is 77.0 Å². The van der Waals surface area contributed by atoms with Gasteiger partial charge in [-0.3, -0.25) is 0 Å². The normalized spacial score (nSPS) is 12.1. The van der Waals surface area contributed by atoms with E-state index in [0.717, 1.165) is 5.57 Å². The molecule has 0 aliphatic heterocycles. The van der Waals surface area contributed by atoms with Crippen molar-refractivity contribution in [1.29, 1.82) is 0 Å². The van der Waals surface area contributed by atoms with Crippen molar-refractivity contribution in [1.82, 2.24) is 13.7 Å². The highest BCUT2D eigenvalue weighted by molar-refractivity contribution is 5.89. The van der Waals surface area contributed by atoms with Crippen LogP contribution >= 0.6 is 0 Å². The predicted octanol–water partition coefficient (Wildman–Crippen LogP) is 10.4. The van der Waals surface area contributed by atoms with Crippen LogP contribution in [-0.2, 0) is 25.9 Å². The second kappa shape index (κ2) is 14.6. The van der Waals surface area contributed by atoms with Crippen molar-refractivity contribution in [3.63, 3.8) is 0 Å². The van der Waals surface area contributed by atoms with Gasteiger partial charge >= 0.3 is 5.97 Å². The average Bonchev–Trinajstić information content (AvgIpc) is 3.52. The summed E-state index contributed by atoms with van der Waals surface area (Å²) in [5, 5.41) is 12.7. The molecule has 0 atom stereocenters. The number of aromatic nitrogens is 3. The largest absolute Gasteiger partial charge is 0.478 e. The standard InChI is InChI=1S/C20H23NO2.2C11H13N/c1-13(11-20(22)23)7-6-8-14(2)17-9-10-19-18(12-17)15(3)16(4)21(19)5;2*1-8-9(2)12(3)11-7-5-4-6-10(8)11/h6-12H,1-5H3,(H,22,23);2*4-7H,1-3H3/b7-6+,13-11+,14-8+;;. The first-order valence-electron chi connectivity index (χ1n) is 16.1. The van der Waals surface area contributed by atoms with Crippen LogP contribution in [0.4, 0.5) is 0 Å². The summed E-state index contributed by atoms with van der Waals surface area (Å²) in [5.74, 6) is -0.923. The zero-order chi connectivity index (χ0) is 34.6. The highest BCUT2D eigenvalue weighted by Gasteiger charge is 2.09. The third-order valence-electron chi connectivity index (χ3n) is 9.75. The van der Waals surface area contributed by atoms with E-state index in [1.54, 1.807) is 13.0 Å². The summed E-state index contributed by atoms with van der Waals surface area (Å²) >= 11 is 0. The maximum absolute atomic E-state index is 10.6. The minimum atomic E-state index is -0.923. The molecule has 5 heteroatoms. The summed E-state index contributed by atoms with van der Waals surface area (Å²) in [5.41, 5.74) is 15.0. The van der Waals surface area contributed by atoms with Crippen LogP contribution in [-0.4, -0.2) is 24.8 Å². The molecule has 3 heterocycles. The Bertz CT molecular complexity index is 2010. The minimum Gasteiger partial charge on any atom is -0.478 e. The first-order chi connectivity index (χ1) is 22.2. The summed E-state index contributed by atoms with van der Waals surface area (Å²) in [6.45, 7) is 16.8. The summed E-state index contributed by atoms with van der Waals surface area (Å²) in [4.78, 5) is 10.6. The molecule has 1 N–H and O–H groups in total. The maximum Gasteiger partial charge on any atom is 0.328 e. The third kappa shape index (κ3) is 7.36. The second-order valence-electron chi connectivity index (χ2n) is 12.5. The van der Waals surface area contributed by atoms with Crippen molar-refractivity contribution < 1.29 is 9.90 Å². The van der Waals surface area contributed by atoms with E-state index in [-0.39, 0.29) is 0 Å². The van der Waals surface area contributed by atoms with Crippen LogP contribution in [0.25, 0.3) is 38.3 Å². The Morgan fingerprint density at radius 2 is 1.04 bits per heavy atom. The molecule has 6 aromatic rings. The van der Waals surface area contributed by atoms with Crippen molar-refractivity contribution in [3.8, 4) is 0 Å². The molecule has 0 saturated carbocycles. The molecule has 3 aromatic carbocycles. The SMILES string of the molecule is CC(/C=C/C=C(\C)c1ccc2c(c1)c(C)c(C)n2C)=C\C(=O)O.Cc1c(C)n(C)c2ccccc12.Cc1c(C)n(C)c2ccccc12. The van der Waals surface area contributed by atoms with Gasteiger partial charge in [0.1, 0.15) is 0 Å². The van der Waals surface area contributed by atoms with Gasteiger partial charge in [-0.15, -0.1) is 0 Å². The second-order valence-corrected chi connectivity index (χ2v) is 12.5. The fraction of sp³-hybridized carbons (Fsp3) is 0.262. The van der Waals surface area contributed by atoms with Crippen LogP contribution in [0.15, 0.2) is 96.6 Å². The molecule has 0 aliphatic carbocycles. The number of aliphatic carboxylic acids is 1. The molecule has 3 aromatic heterocycles. The van der Waals surface area contributed by atoms with E-state index in [0.29, 0.717) is 5.57 Å². The molecule has 244 valence electrons. The number of carboxylic acid groups (broad SMARTS) is 1.